The number of rotatable bonds is 7. The van der Waals surface area contributed by atoms with Crippen LogP contribution in [0.25, 0.3) is 0 Å². The second-order valence-corrected chi connectivity index (χ2v) is 5.02. The van der Waals surface area contributed by atoms with E-state index in [0.29, 0.717) is 18.9 Å². The number of benzene rings is 1. The molecule has 2 atom stereocenters. The monoisotopic (exact) mass is 274 g/mol. The maximum atomic E-state index is 13.0. The summed E-state index contributed by atoms with van der Waals surface area (Å²) in [6.45, 7) is 2.80. The molecule has 0 amide bonds. The molecule has 0 aromatic heterocycles. The van der Waals surface area contributed by atoms with Gasteiger partial charge in [0.05, 0.1) is 5.02 Å². The molecule has 102 valence electrons. The van der Waals surface area contributed by atoms with Crippen LogP contribution in [0.3, 0.4) is 0 Å². The molecule has 18 heavy (non-hydrogen) atoms. The van der Waals surface area contributed by atoms with Crippen molar-refractivity contribution in [1.82, 2.24) is 5.43 Å². The Morgan fingerprint density at radius 3 is 2.78 bits per heavy atom. The summed E-state index contributed by atoms with van der Waals surface area (Å²) in [7, 11) is 1.68. The summed E-state index contributed by atoms with van der Waals surface area (Å²) in [6.07, 6.45) is 1.60. The minimum atomic E-state index is -0.398. The molecule has 1 rings (SSSR count). The van der Waals surface area contributed by atoms with Crippen LogP contribution in [0.15, 0.2) is 18.2 Å². The highest BCUT2D eigenvalue weighted by molar-refractivity contribution is 6.30. The van der Waals surface area contributed by atoms with Gasteiger partial charge in [0.15, 0.2) is 0 Å². The van der Waals surface area contributed by atoms with Crippen molar-refractivity contribution in [2.24, 2.45) is 11.8 Å². The third-order valence-corrected chi connectivity index (χ3v) is 3.13. The van der Waals surface area contributed by atoms with E-state index >= 15 is 0 Å². The van der Waals surface area contributed by atoms with Crippen molar-refractivity contribution in [3.8, 4) is 0 Å². The lowest BCUT2D eigenvalue weighted by molar-refractivity contribution is 0.149. The molecule has 5 heteroatoms. The van der Waals surface area contributed by atoms with Gasteiger partial charge in [0, 0.05) is 19.8 Å². The fourth-order valence-corrected chi connectivity index (χ4v) is 2.20. The first-order chi connectivity index (χ1) is 8.56. The number of hydrogen-bond acceptors (Lipinski definition) is 3. The van der Waals surface area contributed by atoms with E-state index in [1.165, 1.54) is 6.07 Å². The molecule has 0 aliphatic carbocycles. The third kappa shape index (κ3) is 4.90. The second-order valence-electron chi connectivity index (χ2n) is 4.61. The number of hydrazine groups is 1. The lowest BCUT2D eigenvalue weighted by Gasteiger charge is -2.20. The molecule has 0 bridgehead atoms. The zero-order valence-corrected chi connectivity index (χ0v) is 11.5. The van der Waals surface area contributed by atoms with Gasteiger partial charge in [-0.2, -0.15) is 0 Å². The minimum Gasteiger partial charge on any atom is -0.384 e. The highest BCUT2D eigenvalue weighted by Gasteiger charge is 2.13. The van der Waals surface area contributed by atoms with Crippen LogP contribution >= 0.6 is 11.6 Å². The Morgan fingerprint density at radius 1 is 1.50 bits per heavy atom. The summed E-state index contributed by atoms with van der Waals surface area (Å²) in [4.78, 5) is 0. The standard InChI is InChI=1S/C13H20ClFN2O/c1-9(8-18-2)5-11(17-16)6-10-3-4-13(15)12(14)7-10/h3-4,7,9,11,17H,5-6,8,16H2,1-2H3. The zero-order valence-electron chi connectivity index (χ0n) is 10.7. The second kappa shape index (κ2) is 7.69. The van der Waals surface area contributed by atoms with Crippen LogP contribution in [0.2, 0.25) is 5.02 Å². The molecule has 1 aromatic carbocycles. The summed E-state index contributed by atoms with van der Waals surface area (Å²) in [5.41, 5.74) is 3.75. The van der Waals surface area contributed by atoms with Gasteiger partial charge in [0.1, 0.15) is 5.82 Å². The number of methoxy groups -OCH3 is 1. The van der Waals surface area contributed by atoms with Crippen molar-refractivity contribution >= 4 is 11.6 Å². The van der Waals surface area contributed by atoms with E-state index in [4.69, 9.17) is 22.2 Å². The summed E-state index contributed by atoms with van der Waals surface area (Å²) in [5.74, 6) is 5.55. The van der Waals surface area contributed by atoms with E-state index < -0.39 is 5.82 Å². The summed E-state index contributed by atoms with van der Waals surface area (Å²) >= 11 is 5.75. The van der Waals surface area contributed by atoms with Crippen molar-refractivity contribution in [1.29, 1.82) is 0 Å². The van der Waals surface area contributed by atoms with E-state index in [1.807, 2.05) is 0 Å². The van der Waals surface area contributed by atoms with Gasteiger partial charge < -0.3 is 4.74 Å². The summed E-state index contributed by atoms with van der Waals surface area (Å²) in [6, 6.07) is 4.87. The molecule has 0 saturated carbocycles. The van der Waals surface area contributed by atoms with E-state index in [2.05, 4.69) is 12.3 Å². The van der Waals surface area contributed by atoms with Gasteiger partial charge in [-0.25, -0.2) is 4.39 Å². The van der Waals surface area contributed by atoms with E-state index in [-0.39, 0.29) is 11.1 Å². The molecule has 2 unspecified atom stereocenters. The van der Waals surface area contributed by atoms with Crippen LogP contribution < -0.4 is 11.3 Å². The van der Waals surface area contributed by atoms with Gasteiger partial charge in [-0.3, -0.25) is 11.3 Å². The van der Waals surface area contributed by atoms with E-state index in [0.717, 1.165) is 12.0 Å². The molecule has 0 radical (unpaired) electrons. The topological polar surface area (TPSA) is 47.3 Å². The van der Waals surface area contributed by atoms with Crippen LogP contribution in [-0.4, -0.2) is 19.8 Å². The fourth-order valence-electron chi connectivity index (χ4n) is 2.00. The normalized spacial score (nSPS) is 14.5. The van der Waals surface area contributed by atoms with Gasteiger partial charge in [-0.1, -0.05) is 24.6 Å². The first-order valence-electron chi connectivity index (χ1n) is 5.95. The first kappa shape index (κ1) is 15.4. The lowest BCUT2D eigenvalue weighted by Crippen LogP contribution is -2.38. The van der Waals surface area contributed by atoms with Crippen molar-refractivity contribution in [3.63, 3.8) is 0 Å². The van der Waals surface area contributed by atoms with Gasteiger partial charge in [0.2, 0.25) is 0 Å². The predicted octanol–water partition coefficient (Wildman–Crippen LogP) is 2.53. The molecule has 0 heterocycles. The average molecular weight is 275 g/mol. The fraction of sp³-hybridized carbons (Fsp3) is 0.538. The zero-order chi connectivity index (χ0) is 13.5. The minimum absolute atomic E-state index is 0.122. The SMILES string of the molecule is COCC(C)CC(Cc1ccc(F)c(Cl)c1)NN. The molecule has 0 saturated heterocycles. The highest BCUT2D eigenvalue weighted by atomic mass is 35.5. The Balaban J connectivity index is 2.59. The number of halogens is 2. The van der Waals surface area contributed by atoms with Crippen LogP contribution in [0.4, 0.5) is 4.39 Å². The van der Waals surface area contributed by atoms with Crippen molar-refractivity contribution in [2.75, 3.05) is 13.7 Å². The maximum Gasteiger partial charge on any atom is 0.141 e. The van der Waals surface area contributed by atoms with Gasteiger partial charge in [0.25, 0.3) is 0 Å². The largest absolute Gasteiger partial charge is 0.384 e. The molecule has 3 N–H and O–H groups in total. The van der Waals surface area contributed by atoms with Crippen LogP contribution in [0, 0.1) is 11.7 Å². The quantitative estimate of drug-likeness (QED) is 0.593. The van der Waals surface area contributed by atoms with Crippen LogP contribution in [0.1, 0.15) is 18.9 Å². The maximum absolute atomic E-state index is 13.0. The molecular formula is C13H20ClFN2O. The Morgan fingerprint density at radius 2 is 2.22 bits per heavy atom. The van der Waals surface area contributed by atoms with E-state index in [9.17, 15) is 4.39 Å². The van der Waals surface area contributed by atoms with Crippen molar-refractivity contribution in [2.45, 2.75) is 25.8 Å². The Bertz CT molecular complexity index is 376. The van der Waals surface area contributed by atoms with Crippen molar-refractivity contribution < 1.29 is 9.13 Å². The molecule has 0 spiro atoms. The molecule has 0 aliphatic heterocycles. The predicted molar refractivity (Wildman–Crippen MR) is 71.9 cm³/mol. The van der Waals surface area contributed by atoms with E-state index in [1.54, 1.807) is 19.2 Å². The van der Waals surface area contributed by atoms with Crippen molar-refractivity contribution in [3.05, 3.63) is 34.6 Å². The summed E-state index contributed by atoms with van der Waals surface area (Å²) < 4.78 is 18.1. The number of nitrogens with one attached hydrogen (secondary N) is 1. The molecule has 3 nitrogen and oxygen atoms in total. The third-order valence-electron chi connectivity index (χ3n) is 2.84. The highest BCUT2D eigenvalue weighted by Crippen LogP contribution is 2.18. The van der Waals surface area contributed by atoms with Gasteiger partial charge in [-0.15, -0.1) is 0 Å². The average Bonchev–Trinajstić information content (AvgIpc) is 2.33. The first-order valence-corrected chi connectivity index (χ1v) is 6.33. The number of ether oxygens (including phenoxy) is 1. The Kier molecular flexibility index (Phi) is 6.57. The lowest BCUT2D eigenvalue weighted by atomic mass is 9.97. The molecule has 0 fully saturated rings. The van der Waals surface area contributed by atoms with Gasteiger partial charge in [-0.05, 0) is 36.5 Å². The van der Waals surface area contributed by atoms with Crippen LogP contribution in [0.5, 0.6) is 0 Å². The van der Waals surface area contributed by atoms with Gasteiger partial charge >= 0.3 is 0 Å². The smallest absolute Gasteiger partial charge is 0.141 e. The van der Waals surface area contributed by atoms with Crippen LogP contribution in [-0.2, 0) is 11.2 Å². The number of hydrogen-bond donors (Lipinski definition) is 2. The summed E-state index contributed by atoms with van der Waals surface area (Å²) in [5, 5.41) is 0.146. The molecular weight excluding hydrogens is 255 g/mol. The number of nitrogens with two attached hydrogens (primary N) is 1. The Labute approximate surface area is 112 Å². The Hall–Kier alpha value is -0.680. The molecule has 1 aromatic rings. The molecule has 0 aliphatic rings.